The van der Waals surface area contributed by atoms with Gasteiger partial charge in [-0.2, -0.15) is 0 Å². The molecule has 0 saturated heterocycles. The van der Waals surface area contributed by atoms with E-state index in [0.29, 0.717) is 22.1 Å². The summed E-state index contributed by atoms with van der Waals surface area (Å²) in [4.78, 5) is 10.7. The minimum Gasteiger partial charge on any atom is -0.493 e. The first-order chi connectivity index (χ1) is 8.01. The Bertz CT molecular complexity index is 472. The number of hydrogen-bond donors (Lipinski definition) is 1. The average molecular weight is 276 g/mol. The van der Waals surface area contributed by atoms with E-state index in [2.05, 4.69) is 0 Å². The third-order valence-corrected chi connectivity index (χ3v) is 2.70. The Balaban J connectivity index is 3.36. The number of methoxy groups -OCH3 is 2. The van der Waals surface area contributed by atoms with Gasteiger partial charge in [-0.05, 0) is 6.08 Å². The van der Waals surface area contributed by atoms with E-state index in [1.54, 1.807) is 6.07 Å². The molecule has 0 radical (unpaired) electrons. The summed E-state index contributed by atoms with van der Waals surface area (Å²) >= 11 is 12.1. The topological polar surface area (TPSA) is 61.5 Å². The van der Waals surface area contributed by atoms with E-state index in [-0.39, 0.29) is 5.02 Å². The van der Waals surface area contributed by atoms with Crippen molar-refractivity contribution in [1.82, 2.24) is 0 Å². The maximum atomic E-state index is 10.7. The van der Waals surface area contributed by atoms with Crippen LogP contribution >= 0.6 is 23.2 Å². The molecule has 0 heterocycles. The molecule has 0 aromatic heterocycles. The summed E-state index contributed by atoms with van der Waals surface area (Å²) < 4.78 is 10.2. The third kappa shape index (κ3) is 3.05. The Morgan fingerprint density at radius 2 is 2.00 bits per heavy atom. The minimum atomic E-state index is -0.591. The minimum absolute atomic E-state index is 0.259. The summed E-state index contributed by atoms with van der Waals surface area (Å²) in [6, 6.07) is 1.55. The van der Waals surface area contributed by atoms with Crippen molar-refractivity contribution in [2.75, 3.05) is 14.2 Å². The molecule has 1 rings (SSSR count). The van der Waals surface area contributed by atoms with Crippen LogP contribution < -0.4 is 15.2 Å². The lowest BCUT2D eigenvalue weighted by molar-refractivity contribution is -0.113. The number of amides is 1. The Morgan fingerprint density at radius 1 is 1.35 bits per heavy atom. The number of primary amides is 1. The fourth-order valence-electron chi connectivity index (χ4n) is 1.25. The Labute approximate surface area is 109 Å². The molecular formula is C11H11Cl2NO3. The quantitative estimate of drug-likeness (QED) is 0.859. The molecule has 4 nitrogen and oxygen atoms in total. The molecular weight excluding hydrogens is 265 g/mol. The summed E-state index contributed by atoms with van der Waals surface area (Å²) in [5, 5.41) is 0.597. The van der Waals surface area contributed by atoms with Gasteiger partial charge >= 0.3 is 0 Å². The van der Waals surface area contributed by atoms with Crippen molar-refractivity contribution in [3.63, 3.8) is 0 Å². The predicted molar refractivity (Wildman–Crippen MR) is 67.8 cm³/mol. The number of carbonyl (C=O) groups excluding carboxylic acids is 1. The van der Waals surface area contributed by atoms with Gasteiger partial charge < -0.3 is 15.2 Å². The van der Waals surface area contributed by atoms with Crippen LogP contribution in [-0.4, -0.2) is 20.1 Å². The van der Waals surface area contributed by atoms with E-state index in [1.165, 1.54) is 26.4 Å². The molecule has 6 heteroatoms. The SMILES string of the molecule is COc1cc(Cl)c(/C=C/C(N)=O)c(Cl)c1OC. The van der Waals surface area contributed by atoms with Crippen LogP contribution in [0.15, 0.2) is 12.1 Å². The molecule has 0 aliphatic rings. The van der Waals surface area contributed by atoms with Crippen molar-refractivity contribution in [3.05, 3.63) is 27.8 Å². The number of carbonyl (C=O) groups is 1. The lowest BCUT2D eigenvalue weighted by Gasteiger charge is -2.12. The summed E-state index contributed by atoms with van der Waals surface area (Å²) in [5.74, 6) is 0.174. The van der Waals surface area contributed by atoms with E-state index in [1.807, 2.05) is 0 Å². The van der Waals surface area contributed by atoms with Gasteiger partial charge in [-0.15, -0.1) is 0 Å². The molecule has 2 N–H and O–H groups in total. The Kier molecular flexibility index (Phi) is 4.66. The van der Waals surface area contributed by atoms with Gasteiger partial charge in [-0.3, -0.25) is 4.79 Å². The highest BCUT2D eigenvalue weighted by Crippen LogP contribution is 2.41. The van der Waals surface area contributed by atoms with Crippen LogP contribution in [0.25, 0.3) is 6.08 Å². The maximum Gasteiger partial charge on any atom is 0.241 e. The number of benzene rings is 1. The zero-order chi connectivity index (χ0) is 13.0. The highest BCUT2D eigenvalue weighted by atomic mass is 35.5. The van der Waals surface area contributed by atoms with Crippen LogP contribution in [0, 0.1) is 0 Å². The standard InChI is InChI=1S/C11H11Cl2NO3/c1-16-8-5-7(12)6(3-4-9(14)15)10(13)11(8)17-2/h3-5H,1-2H3,(H2,14,15)/b4-3+. The molecule has 0 fully saturated rings. The number of ether oxygens (including phenoxy) is 2. The summed E-state index contributed by atoms with van der Waals surface area (Å²) in [6.07, 6.45) is 2.59. The second-order valence-corrected chi connectivity index (χ2v) is 3.84. The molecule has 1 aromatic rings. The Morgan fingerprint density at radius 3 is 2.47 bits per heavy atom. The molecule has 1 amide bonds. The molecule has 0 atom stereocenters. The Hall–Kier alpha value is -1.39. The van der Waals surface area contributed by atoms with Gasteiger partial charge in [0.15, 0.2) is 11.5 Å². The predicted octanol–water partition coefficient (Wildman–Crippen LogP) is 2.51. The van der Waals surface area contributed by atoms with Crippen molar-refractivity contribution >= 4 is 35.2 Å². The van der Waals surface area contributed by atoms with Crippen molar-refractivity contribution < 1.29 is 14.3 Å². The lowest BCUT2D eigenvalue weighted by atomic mass is 10.1. The summed E-state index contributed by atoms with van der Waals surface area (Å²) in [6.45, 7) is 0. The summed E-state index contributed by atoms with van der Waals surface area (Å²) in [7, 11) is 2.93. The second-order valence-electron chi connectivity index (χ2n) is 3.06. The van der Waals surface area contributed by atoms with Crippen LogP contribution in [0.5, 0.6) is 11.5 Å². The van der Waals surface area contributed by atoms with E-state index in [0.717, 1.165) is 0 Å². The molecule has 17 heavy (non-hydrogen) atoms. The second kappa shape index (κ2) is 5.80. The highest BCUT2D eigenvalue weighted by molar-refractivity contribution is 6.38. The first-order valence-electron chi connectivity index (χ1n) is 4.58. The number of hydrogen-bond acceptors (Lipinski definition) is 3. The van der Waals surface area contributed by atoms with Gasteiger partial charge in [-0.25, -0.2) is 0 Å². The molecule has 92 valence electrons. The van der Waals surface area contributed by atoms with Gasteiger partial charge in [0.1, 0.15) is 0 Å². The van der Waals surface area contributed by atoms with Crippen LogP contribution in [0.4, 0.5) is 0 Å². The number of nitrogens with two attached hydrogens (primary N) is 1. The molecule has 1 aromatic carbocycles. The summed E-state index contributed by atoms with van der Waals surface area (Å²) in [5.41, 5.74) is 5.45. The molecule has 0 spiro atoms. The molecule has 0 saturated carbocycles. The fraction of sp³-hybridized carbons (Fsp3) is 0.182. The third-order valence-electron chi connectivity index (χ3n) is 2.01. The molecule has 0 bridgehead atoms. The van der Waals surface area contributed by atoms with Crippen molar-refractivity contribution in [2.24, 2.45) is 5.73 Å². The van der Waals surface area contributed by atoms with E-state index >= 15 is 0 Å². The van der Waals surface area contributed by atoms with Gasteiger partial charge in [0.2, 0.25) is 5.91 Å². The average Bonchev–Trinajstić information content (AvgIpc) is 2.27. The lowest BCUT2D eigenvalue weighted by Crippen LogP contribution is -2.05. The van der Waals surface area contributed by atoms with Crippen LogP contribution in [-0.2, 0) is 4.79 Å². The zero-order valence-corrected chi connectivity index (χ0v) is 10.8. The van der Waals surface area contributed by atoms with Crippen molar-refractivity contribution in [3.8, 4) is 11.5 Å². The van der Waals surface area contributed by atoms with E-state index < -0.39 is 5.91 Å². The van der Waals surface area contributed by atoms with Crippen LogP contribution in [0.3, 0.4) is 0 Å². The first-order valence-corrected chi connectivity index (χ1v) is 5.34. The normalized spacial score (nSPS) is 10.6. The van der Waals surface area contributed by atoms with Crippen molar-refractivity contribution in [2.45, 2.75) is 0 Å². The van der Waals surface area contributed by atoms with E-state index in [9.17, 15) is 4.79 Å². The van der Waals surface area contributed by atoms with Gasteiger partial charge in [0, 0.05) is 17.7 Å². The largest absolute Gasteiger partial charge is 0.493 e. The number of rotatable bonds is 4. The molecule has 0 unspecified atom stereocenters. The first kappa shape index (κ1) is 13.7. The monoisotopic (exact) mass is 275 g/mol. The van der Waals surface area contributed by atoms with Gasteiger partial charge in [-0.1, -0.05) is 23.2 Å². The fourth-order valence-corrected chi connectivity index (χ4v) is 1.89. The van der Waals surface area contributed by atoms with Crippen molar-refractivity contribution in [1.29, 1.82) is 0 Å². The zero-order valence-electron chi connectivity index (χ0n) is 9.29. The van der Waals surface area contributed by atoms with Gasteiger partial charge in [0.25, 0.3) is 0 Å². The molecule has 0 aliphatic carbocycles. The highest BCUT2D eigenvalue weighted by Gasteiger charge is 2.15. The molecule has 0 aliphatic heterocycles. The maximum absolute atomic E-state index is 10.7. The number of halogens is 2. The van der Waals surface area contributed by atoms with Crippen LogP contribution in [0.2, 0.25) is 10.0 Å². The van der Waals surface area contributed by atoms with Crippen LogP contribution in [0.1, 0.15) is 5.56 Å². The smallest absolute Gasteiger partial charge is 0.241 e. The van der Waals surface area contributed by atoms with Gasteiger partial charge in [0.05, 0.1) is 24.3 Å². The van der Waals surface area contributed by atoms with E-state index in [4.69, 9.17) is 38.4 Å².